The molecule has 2 aromatic rings. The lowest BCUT2D eigenvalue weighted by molar-refractivity contribution is 0.0170. The van der Waals surface area contributed by atoms with Gasteiger partial charge in [0.2, 0.25) is 5.88 Å². The third-order valence-electron chi connectivity index (χ3n) is 4.89. The maximum atomic E-state index is 13.4. The number of rotatable bonds is 7. The fraction of sp³-hybridized carbons (Fsp3) is 0.429. The molecule has 0 bridgehead atoms. The SMILES string of the molecule is CN=C(NCc1ccc(OC)nc1)NCC(c1ccc(F)cc1)N1CCOCC1.I. The smallest absolute Gasteiger partial charge is 0.212 e. The molecule has 1 fully saturated rings. The quantitative estimate of drug-likeness (QED) is 0.327. The summed E-state index contributed by atoms with van der Waals surface area (Å²) in [4.78, 5) is 10.9. The summed E-state index contributed by atoms with van der Waals surface area (Å²) >= 11 is 0. The van der Waals surface area contributed by atoms with Crippen LogP contribution in [-0.2, 0) is 11.3 Å². The lowest BCUT2D eigenvalue weighted by atomic mass is 10.0. The zero-order chi connectivity index (χ0) is 20.5. The molecule has 1 atom stereocenters. The van der Waals surface area contributed by atoms with Gasteiger partial charge in [-0.05, 0) is 23.3 Å². The highest BCUT2D eigenvalue weighted by Crippen LogP contribution is 2.21. The molecule has 1 unspecified atom stereocenters. The van der Waals surface area contributed by atoms with Gasteiger partial charge in [0.05, 0.1) is 26.4 Å². The Labute approximate surface area is 194 Å². The van der Waals surface area contributed by atoms with Crippen LogP contribution in [0.15, 0.2) is 47.6 Å². The molecule has 0 radical (unpaired) electrons. The lowest BCUT2D eigenvalue weighted by Crippen LogP contribution is -2.46. The van der Waals surface area contributed by atoms with Crippen LogP contribution in [0.3, 0.4) is 0 Å². The number of hydrogen-bond acceptors (Lipinski definition) is 5. The second kappa shape index (κ2) is 12.7. The number of hydrogen-bond donors (Lipinski definition) is 2. The first-order valence-electron chi connectivity index (χ1n) is 9.70. The minimum Gasteiger partial charge on any atom is -0.481 e. The van der Waals surface area contributed by atoms with Crippen LogP contribution in [0.4, 0.5) is 4.39 Å². The van der Waals surface area contributed by atoms with Gasteiger partial charge in [-0.3, -0.25) is 9.89 Å². The van der Waals surface area contributed by atoms with E-state index in [9.17, 15) is 4.39 Å². The van der Waals surface area contributed by atoms with Crippen molar-refractivity contribution < 1.29 is 13.9 Å². The summed E-state index contributed by atoms with van der Waals surface area (Å²) in [6.07, 6.45) is 1.77. The monoisotopic (exact) mass is 529 g/mol. The van der Waals surface area contributed by atoms with Gasteiger partial charge in [-0.2, -0.15) is 0 Å². The first kappa shape index (κ1) is 24.3. The van der Waals surface area contributed by atoms with Crippen LogP contribution >= 0.6 is 24.0 Å². The van der Waals surface area contributed by atoms with E-state index in [0.29, 0.717) is 38.1 Å². The van der Waals surface area contributed by atoms with E-state index in [4.69, 9.17) is 9.47 Å². The van der Waals surface area contributed by atoms with Crippen molar-refractivity contribution in [2.45, 2.75) is 12.6 Å². The Morgan fingerprint density at radius 1 is 1.20 bits per heavy atom. The summed E-state index contributed by atoms with van der Waals surface area (Å²) in [5.74, 6) is 1.05. The van der Waals surface area contributed by atoms with Gasteiger partial charge in [0, 0.05) is 45.5 Å². The van der Waals surface area contributed by atoms with Crippen LogP contribution in [0.1, 0.15) is 17.2 Å². The predicted molar refractivity (Wildman–Crippen MR) is 126 cm³/mol. The van der Waals surface area contributed by atoms with Gasteiger partial charge >= 0.3 is 0 Å². The van der Waals surface area contributed by atoms with Crippen LogP contribution in [0.25, 0.3) is 0 Å². The number of aromatic nitrogens is 1. The molecule has 1 aromatic carbocycles. The summed E-state index contributed by atoms with van der Waals surface area (Å²) in [6, 6.07) is 10.6. The molecule has 0 amide bonds. The van der Waals surface area contributed by atoms with E-state index in [2.05, 4.69) is 25.5 Å². The summed E-state index contributed by atoms with van der Waals surface area (Å²) in [5.41, 5.74) is 2.09. The topological polar surface area (TPSA) is 71.0 Å². The fourth-order valence-electron chi connectivity index (χ4n) is 3.27. The molecule has 1 aromatic heterocycles. The van der Waals surface area contributed by atoms with E-state index in [0.717, 1.165) is 24.2 Å². The number of nitrogens with zero attached hydrogens (tertiary/aromatic N) is 3. The van der Waals surface area contributed by atoms with E-state index >= 15 is 0 Å². The highest BCUT2D eigenvalue weighted by atomic mass is 127. The zero-order valence-electron chi connectivity index (χ0n) is 17.3. The molecule has 2 heterocycles. The number of guanidine groups is 1. The summed E-state index contributed by atoms with van der Waals surface area (Å²) in [7, 11) is 3.33. The zero-order valence-corrected chi connectivity index (χ0v) is 19.6. The number of halogens is 2. The van der Waals surface area contributed by atoms with Crippen molar-refractivity contribution in [3.63, 3.8) is 0 Å². The van der Waals surface area contributed by atoms with Crippen LogP contribution in [-0.4, -0.2) is 62.8 Å². The third-order valence-corrected chi connectivity index (χ3v) is 4.89. The van der Waals surface area contributed by atoms with Crippen molar-refractivity contribution in [3.05, 3.63) is 59.5 Å². The van der Waals surface area contributed by atoms with Gasteiger partial charge in [0.15, 0.2) is 5.96 Å². The average Bonchev–Trinajstić information content (AvgIpc) is 2.78. The van der Waals surface area contributed by atoms with Crippen LogP contribution in [0, 0.1) is 5.82 Å². The predicted octanol–water partition coefficient (Wildman–Crippen LogP) is 2.59. The molecule has 0 saturated carbocycles. The maximum absolute atomic E-state index is 13.4. The first-order valence-corrected chi connectivity index (χ1v) is 9.70. The van der Waals surface area contributed by atoms with E-state index in [1.54, 1.807) is 20.4 Å². The number of methoxy groups -OCH3 is 1. The molecule has 164 valence electrons. The van der Waals surface area contributed by atoms with Crippen molar-refractivity contribution in [3.8, 4) is 5.88 Å². The molecule has 2 N–H and O–H groups in total. The van der Waals surface area contributed by atoms with Gasteiger partial charge in [-0.25, -0.2) is 9.37 Å². The van der Waals surface area contributed by atoms with E-state index in [1.807, 2.05) is 24.3 Å². The minimum atomic E-state index is -0.229. The Hall–Kier alpha value is -1.98. The van der Waals surface area contributed by atoms with Gasteiger partial charge in [-0.1, -0.05) is 18.2 Å². The fourth-order valence-corrected chi connectivity index (χ4v) is 3.27. The highest BCUT2D eigenvalue weighted by molar-refractivity contribution is 14.0. The largest absolute Gasteiger partial charge is 0.481 e. The second-order valence-corrected chi connectivity index (χ2v) is 6.73. The van der Waals surface area contributed by atoms with Crippen LogP contribution < -0.4 is 15.4 Å². The highest BCUT2D eigenvalue weighted by Gasteiger charge is 2.23. The van der Waals surface area contributed by atoms with Gasteiger partial charge < -0.3 is 20.1 Å². The van der Waals surface area contributed by atoms with E-state index < -0.39 is 0 Å². The molecule has 1 aliphatic rings. The Morgan fingerprint density at radius 2 is 1.93 bits per heavy atom. The van der Waals surface area contributed by atoms with Crippen molar-refractivity contribution in [1.29, 1.82) is 0 Å². The van der Waals surface area contributed by atoms with Gasteiger partial charge in [0.25, 0.3) is 0 Å². The van der Waals surface area contributed by atoms with Gasteiger partial charge in [-0.15, -0.1) is 24.0 Å². The molecule has 7 nitrogen and oxygen atoms in total. The Balaban J connectivity index is 0.00000320. The average molecular weight is 529 g/mol. The van der Waals surface area contributed by atoms with Crippen LogP contribution in [0.2, 0.25) is 0 Å². The third kappa shape index (κ3) is 7.06. The summed E-state index contributed by atoms with van der Waals surface area (Å²) in [6.45, 7) is 4.33. The number of aliphatic imine (C=N–C) groups is 1. The number of pyridine rings is 1. The Morgan fingerprint density at radius 3 is 2.53 bits per heavy atom. The number of ether oxygens (including phenoxy) is 2. The van der Waals surface area contributed by atoms with E-state index in [1.165, 1.54) is 12.1 Å². The standard InChI is InChI=1S/C21H28FN5O2.HI/c1-23-21(25-14-16-3-8-20(28-2)24-13-16)26-15-19(27-9-11-29-12-10-27)17-4-6-18(22)7-5-17;/h3-8,13,19H,9-12,14-15H2,1-2H3,(H2,23,25,26);1H. The van der Waals surface area contributed by atoms with Crippen molar-refractivity contribution in [1.82, 2.24) is 20.5 Å². The molecular formula is C21H29FIN5O2. The molecule has 9 heteroatoms. The lowest BCUT2D eigenvalue weighted by Gasteiger charge is -2.35. The second-order valence-electron chi connectivity index (χ2n) is 6.73. The number of nitrogens with one attached hydrogen (secondary N) is 2. The normalized spacial score (nSPS) is 15.8. The summed E-state index contributed by atoms with van der Waals surface area (Å²) in [5, 5.41) is 6.69. The van der Waals surface area contributed by atoms with Crippen molar-refractivity contribution >= 4 is 29.9 Å². The maximum Gasteiger partial charge on any atom is 0.212 e. The minimum absolute atomic E-state index is 0. The number of morpholine rings is 1. The Bertz CT molecular complexity index is 783. The molecule has 3 rings (SSSR count). The first-order chi connectivity index (χ1) is 14.2. The van der Waals surface area contributed by atoms with Crippen molar-refractivity contribution in [2.24, 2.45) is 4.99 Å². The molecule has 0 spiro atoms. The molecule has 0 aliphatic carbocycles. The molecule has 1 aliphatic heterocycles. The number of benzene rings is 1. The van der Waals surface area contributed by atoms with E-state index in [-0.39, 0.29) is 35.8 Å². The Kier molecular flexibility index (Phi) is 10.2. The van der Waals surface area contributed by atoms with Gasteiger partial charge in [0.1, 0.15) is 5.82 Å². The molecule has 30 heavy (non-hydrogen) atoms. The van der Waals surface area contributed by atoms with Crippen molar-refractivity contribution in [2.75, 3.05) is 47.0 Å². The summed E-state index contributed by atoms with van der Waals surface area (Å²) < 4.78 is 23.9. The molecule has 1 saturated heterocycles. The molecular weight excluding hydrogens is 500 g/mol. The van der Waals surface area contributed by atoms with Crippen LogP contribution in [0.5, 0.6) is 5.88 Å².